The number of hydrogen-bond acceptors (Lipinski definition) is 3. The molecule has 0 saturated heterocycles. The minimum Gasteiger partial charge on any atom is -0.480 e. The third-order valence-corrected chi connectivity index (χ3v) is 3.80. The predicted octanol–water partition coefficient (Wildman–Crippen LogP) is 2.67. The maximum absolute atomic E-state index is 12.4. The van der Waals surface area contributed by atoms with Crippen LogP contribution in [0.5, 0.6) is 0 Å². The molecule has 0 spiro atoms. The Balaban J connectivity index is 1.91. The third kappa shape index (κ3) is 4.93. The number of hydrogen-bond donors (Lipinski definition) is 3. The maximum Gasteiger partial charge on any atom is 0.320 e. The van der Waals surface area contributed by atoms with Gasteiger partial charge in [-0.05, 0) is 36.5 Å². The molecule has 0 fully saturated rings. The van der Waals surface area contributed by atoms with Crippen molar-refractivity contribution in [1.82, 2.24) is 5.32 Å². The summed E-state index contributed by atoms with van der Waals surface area (Å²) in [4.78, 5) is 23.0. The van der Waals surface area contributed by atoms with E-state index in [9.17, 15) is 9.59 Å². The van der Waals surface area contributed by atoms with Gasteiger partial charge < -0.3 is 16.2 Å². The summed E-state index contributed by atoms with van der Waals surface area (Å²) in [5, 5.41) is 11.6. The Morgan fingerprint density at radius 1 is 1.00 bits per heavy atom. The number of amides is 1. The van der Waals surface area contributed by atoms with Gasteiger partial charge in [0.25, 0.3) is 5.91 Å². The standard InChI is InChI=1S/C19H22N2O3/c20-17(19(23)24)12-6-7-13-21-18(22)16-11-5-4-10-15(16)14-8-2-1-3-9-14/h1-5,8-11,17H,6-7,12-13,20H2,(H,21,22)(H,23,24)/t17-/m1/s1. The average Bonchev–Trinajstić information content (AvgIpc) is 2.61. The van der Waals surface area contributed by atoms with Gasteiger partial charge in [-0.15, -0.1) is 0 Å². The fourth-order valence-corrected chi connectivity index (χ4v) is 2.46. The summed E-state index contributed by atoms with van der Waals surface area (Å²) in [5.41, 5.74) is 7.97. The van der Waals surface area contributed by atoms with Crippen LogP contribution in [0, 0.1) is 0 Å². The van der Waals surface area contributed by atoms with Crippen LogP contribution in [0.3, 0.4) is 0 Å². The third-order valence-electron chi connectivity index (χ3n) is 3.80. The number of unbranched alkanes of at least 4 members (excludes halogenated alkanes) is 1. The Hall–Kier alpha value is -2.66. The number of carboxylic acid groups (broad SMARTS) is 1. The zero-order valence-electron chi connectivity index (χ0n) is 13.4. The highest BCUT2D eigenvalue weighted by atomic mass is 16.4. The fraction of sp³-hybridized carbons (Fsp3) is 0.263. The number of aliphatic carboxylic acids is 1. The molecule has 2 aromatic carbocycles. The molecule has 4 N–H and O–H groups in total. The van der Waals surface area contributed by atoms with E-state index in [1.807, 2.05) is 48.5 Å². The molecule has 0 bridgehead atoms. The monoisotopic (exact) mass is 326 g/mol. The summed E-state index contributed by atoms with van der Waals surface area (Å²) < 4.78 is 0. The van der Waals surface area contributed by atoms with Crippen molar-refractivity contribution >= 4 is 11.9 Å². The van der Waals surface area contributed by atoms with Gasteiger partial charge in [-0.2, -0.15) is 0 Å². The molecule has 2 aromatic rings. The molecular formula is C19H22N2O3. The molecule has 0 aliphatic carbocycles. The van der Waals surface area contributed by atoms with Crippen molar-refractivity contribution in [2.24, 2.45) is 5.73 Å². The van der Waals surface area contributed by atoms with Crippen LogP contribution in [-0.2, 0) is 4.79 Å². The Labute approximate surface area is 141 Å². The molecule has 0 aromatic heterocycles. The lowest BCUT2D eigenvalue weighted by molar-refractivity contribution is -0.138. The van der Waals surface area contributed by atoms with E-state index in [0.717, 1.165) is 11.1 Å². The largest absolute Gasteiger partial charge is 0.480 e. The van der Waals surface area contributed by atoms with Gasteiger partial charge in [0.1, 0.15) is 6.04 Å². The number of benzene rings is 2. The van der Waals surface area contributed by atoms with E-state index < -0.39 is 12.0 Å². The Morgan fingerprint density at radius 3 is 2.38 bits per heavy atom. The van der Waals surface area contributed by atoms with Crippen molar-refractivity contribution in [1.29, 1.82) is 0 Å². The van der Waals surface area contributed by atoms with E-state index >= 15 is 0 Å². The number of carbonyl (C=O) groups excluding carboxylic acids is 1. The van der Waals surface area contributed by atoms with E-state index in [1.165, 1.54) is 0 Å². The molecular weight excluding hydrogens is 304 g/mol. The normalized spacial score (nSPS) is 11.7. The first-order chi connectivity index (χ1) is 11.6. The second-order valence-corrected chi connectivity index (χ2v) is 5.61. The van der Waals surface area contributed by atoms with E-state index in [4.69, 9.17) is 10.8 Å². The van der Waals surface area contributed by atoms with Gasteiger partial charge in [0.05, 0.1) is 0 Å². The summed E-state index contributed by atoms with van der Waals surface area (Å²) >= 11 is 0. The number of carboxylic acids is 1. The quantitative estimate of drug-likeness (QED) is 0.650. The minimum absolute atomic E-state index is 0.128. The van der Waals surface area contributed by atoms with Gasteiger partial charge in [-0.3, -0.25) is 9.59 Å². The van der Waals surface area contributed by atoms with Crippen molar-refractivity contribution in [3.63, 3.8) is 0 Å². The lowest BCUT2D eigenvalue weighted by Gasteiger charge is -2.11. The van der Waals surface area contributed by atoms with Crippen molar-refractivity contribution in [2.75, 3.05) is 6.54 Å². The van der Waals surface area contributed by atoms with Gasteiger partial charge in [0, 0.05) is 12.1 Å². The number of rotatable bonds is 8. The first-order valence-electron chi connectivity index (χ1n) is 8.00. The Bertz CT molecular complexity index is 686. The number of nitrogens with one attached hydrogen (secondary N) is 1. The van der Waals surface area contributed by atoms with E-state index in [-0.39, 0.29) is 5.91 Å². The molecule has 1 atom stereocenters. The second-order valence-electron chi connectivity index (χ2n) is 5.61. The minimum atomic E-state index is -0.990. The van der Waals surface area contributed by atoms with Gasteiger partial charge >= 0.3 is 5.97 Å². The molecule has 24 heavy (non-hydrogen) atoms. The average molecular weight is 326 g/mol. The van der Waals surface area contributed by atoms with Crippen LogP contribution in [0.4, 0.5) is 0 Å². The first-order valence-corrected chi connectivity index (χ1v) is 8.00. The SMILES string of the molecule is N[C@H](CCCCNC(=O)c1ccccc1-c1ccccc1)C(=O)O. The smallest absolute Gasteiger partial charge is 0.320 e. The first kappa shape index (κ1) is 17.7. The molecule has 126 valence electrons. The van der Waals surface area contributed by atoms with Gasteiger partial charge in [0.2, 0.25) is 0 Å². The highest BCUT2D eigenvalue weighted by Gasteiger charge is 2.12. The van der Waals surface area contributed by atoms with Crippen LogP contribution in [0.25, 0.3) is 11.1 Å². The van der Waals surface area contributed by atoms with Crippen LogP contribution in [0.2, 0.25) is 0 Å². The summed E-state index contributed by atoms with van der Waals surface area (Å²) in [5.74, 6) is -1.12. The van der Waals surface area contributed by atoms with Crippen LogP contribution in [0.1, 0.15) is 29.6 Å². The van der Waals surface area contributed by atoms with Crippen molar-refractivity contribution in [3.8, 4) is 11.1 Å². The fourth-order valence-electron chi connectivity index (χ4n) is 2.46. The summed E-state index contributed by atoms with van der Waals surface area (Å²) in [7, 11) is 0. The zero-order chi connectivity index (χ0) is 17.4. The topological polar surface area (TPSA) is 92.4 Å². The zero-order valence-corrected chi connectivity index (χ0v) is 13.4. The van der Waals surface area contributed by atoms with Crippen LogP contribution in [0.15, 0.2) is 54.6 Å². The maximum atomic E-state index is 12.4. The lowest BCUT2D eigenvalue weighted by atomic mass is 9.99. The van der Waals surface area contributed by atoms with Gasteiger partial charge in [-0.25, -0.2) is 0 Å². The summed E-state index contributed by atoms with van der Waals surface area (Å²) in [6, 6.07) is 16.4. The van der Waals surface area contributed by atoms with Crippen LogP contribution in [-0.4, -0.2) is 29.6 Å². The van der Waals surface area contributed by atoms with E-state index in [0.29, 0.717) is 31.4 Å². The summed E-state index contributed by atoms with van der Waals surface area (Å²) in [6.45, 7) is 0.494. The molecule has 0 radical (unpaired) electrons. The molecule has 1 amide bonds. The molecule has 2 rings (SSSR count). The molecule has 0 saturated carbocycles. The molecule has 0 heterocycles. The Morgan fingerprint density at radius 2 is 1.67 bits per heavy atom. The predicted molar refractivity (Wildman–Crippen MR) is 93.7 cm³/mol. The van der Waals surface area contributed by atoms with Gasteiger partial charge in [-0.1, -0.05) is 48.5 Å². The van der Waals surface area contributed by atoms with E-state index in [2.05, 4.69) is 5.32 Å². The van der Waals surface area contributed by atoms with Crippen LogP contribution >= 0.6 is 0 Å². The molecule has 5 heteroatoms. The Kier molecular flexibility index (Phi) is 6.51. The summed E-state index contributed by atoms with van der Waals surface area (Å²) in [6.07, 6.45) is 1.76. The van der Waals surface area contributed by atoms with Crippen molar-refractivity contribution in [2.45, 2.75) is 25.3 Å². The lowest BCUT2D eigenvalue weighted by Crippen LogP contribution is -2.30. The van der Waals surface area contributed by atoms with Gasteiger partial charge in [0.15, 0.2) is 0 Å². The van der Waals surface area contributed by atoms with Crippen molar-refractivity contribution in [3.05, 3.63) is 60.2 Å². The second kappa shape index (κ2) is 8.84. The van der Waals surface area contributed by atoms with Crippen LogP contribution < -0.4 is 11.1 Å². The van der Waals surface area contributed by atoms with E-state index in [1.54, 1.807) is 6.07 Å². The molecule has 5 nitrogen and oxygen atoms in total. The molecule has 0 aliphatic rings. The number of carbonyl (C=O) groups is 2. The van der Waals surface area contributed by atoms with Crippen molar-refractivity contribution < 1.29 is 14.7 Å². The highest BCUT2D eigenvalue weighted by Crippen LogP contribution is 2.23. The molecule has 0 aliphatic heterocycles. The number of nitrogens with two attached hydrogens (primary N) is 1. The molecule has 0 unspecified atom stereocenters. The highest BCUT2D eigenvalue weighted by molar-refractivity contribution is 6.00.